The third kappa shape index (κ3) is 10.1. The number of urea groups is 1. The van der Waals surface area contributed by atoms with Crippen LogP contribution in [0.4, 0.5) is 4.79 Å². The summed E-state index contributed by atoms with van der Waals surface area (Å²) in [6.45, 7) is 10.5. The molecule has 2 heterocycles. The maximum absolute atomic E-state index is 13.6. The molecule has 0 aromatic carbocycles. The van der Waals surface area contributed by atoms with Crippen LogP contribution in [0.3, 0.4) is 0 Å². The minimum atomic E-state index is -1.04. The Balaban J connectivity index is 2.03. The van der Waals surface area contributed by atoms with E-state index in [1.165, 1.54) is 17.2 Å². The van der Waals surface area contributed by atoms with Crippen molar-refractivity contribution in [2.75, 3.05) is 19.6 Å². The smallest absolute Gasteiger partial charge is 0.325 e. The molecular weight excluding hydrogens is 534 g/mol. The van der Waals surface area contributed by atoms with E-state index in [9.17, 15) is 28.8 Å². The van der Waals surface area contributed by atoms with Crippen LogP contribution in [-0.4, -0.2) is 78.2 Å². The second-order valence-electron chi connectivity index (χ2n) is 10.8. The van der Waals surface area contributed by atoms with Gasteiger partial charge in [-0.05, 0) is 36.8 Å². The molecule has 0 aliphatic carbocycles. The minimum Gasteiger partial charge on any atom is -0.466 e. The quantitative estimate of drug-likeness (QED) is 0.145. The number of rotatable bonds is 14. The van der Waals surface area contributed by atoms with E-state index in [0.717, 1.165) is 0 Å². The molecule has 0 radical (unpaired) electrons. The van der Waals surface area contributed by atoms with E-state index < -0.39 is 65.6 Å². The summed E-state index contributed by atoms with van der Waals surface area (Å²) in [5.74, 6) is -2.86. The molecule has 2 rings (SSSR count). The number of amides is 5. The fourth-order valence-corrected chi connectivity index (χ4v) is 4.29. The van der Waals surface area contributed by atoms with E-state index in [2.05, 4.69) is 27.8 Å². The highest BCUT2D eigenvalue weighted by Gasteiger charge is 2.42. The van der Waals surface area contributed by atoms with Crippen LogP contribution < -0.4 is 21.3 Å². The van der Waals surface area contributed by atoms with Gasteiger partial charge in [0.15, 0.2) is 0 Å². The predicted molar refractivity (Wildman–Crippen MR) is 148 cm³/mol. The number of nitrogens with zero attached hydrogens (tertiary/aromatic N) is 1. The molecule has 1 aliphatic rings. The number of carbonyl (C=O) groups excluding carboxylic acids is 6. The second-order valence-corrected chi connectivity index (χ2v) is 10.8. The van der Waals surface area contributed by atoms with Crippen LogP contribution >= 0.6 is 0 Å². The van der Waals surface area contributed by atoms with Gasteiger partial charge < -0.3 is 35.3 Å². The van der Waals surface area contributed by atoms with E-state index in [4.69, 9.17) is 9.15 Å². The first-order chi connectivity index (χ1) is 19.4. The van der Waals surface area contributed by atoms with Gasteiger partial charge in [0.2, 0.25) is 17.6 Å². The van der Waals surface area contributed by atoms with Crippen molar-refractivity contribution in [3.63, 3.8) is 0 Å². The monoisotopic (exact) mass is 575 g/mol. The SMILES string of the molecule is C=CCNC(=O)C(=O)C(CCC)NC(=O)C1CCCN1C(=O)C(NC(=O)NCC(=O)OCc1ccco1)C(C)(C)C. The topological polar surface area (TPSA) is 176 Å². The summed E-state index contributed by atoms with van der Waals surface area (Å²) in [6.07, 6.45) is 4.58. The number of carbonyl (C=O) groups is 6. The van der Waals surface area contributed by atoms with Gasteiger partial charge in [0.25, 0.3) is 5.91 Å². The van der Waals surface area contributed by atoms with Crippen LogP contribution in [0.5, 0.6) is 0 Å². The first kappa shape index (κ1) is 33.0. The molecular formula is C28H41N5O8. The fourth-order valence-electron chi connectivity index (χ4n) is 4.29. The number of ketones is 1. The van der Waals surface area contributed by atoms with Gasteiger partial charge in [-0.3, -0.25) is 24.0 Å². The molecule has 1 saturated heterocycles. The largest absolute Gasteiger partial charge is 0.466 e. The molecule has 1 aliphatic heterocycles. The van der Waals surface area contributed by atoms with Crippen molar-refractivity contribution in [2.45, 2.75) is 78.1 Å². The summed E-state index contributed by atoms with van der Waals surface area (Å²) in [5.41, 5.74) is -0.748. The molecule has 1 fully saturated rings. The number of nitrogens with one attached hydrogen (secondary N) is 4. The third-order valence-corrected chi connectivity index (χ3v) is 6.42. The fraction of sp³-hybridized carbons (Fsp3) is 0.571. The van der Waals surface area contributed by atoms with Gasteiger partial charge in [-0.2, -0.15) is 0 Å². The molecule has 3 unspecified atom stereocenters. The molecule has 0 bridgehead atoms. The Morgan fingerprint density at radius 1 is 1.17 bits per heavy atom. The zero-order valence-electron chi connectivity index (χ0n) is 24.1. The van der Waals surface area contributed by atoms with Crippen molar-refractivity contribution in [1.29, 1.82) is 0 Å². The van der Waals surface area contributed by atoms with Crippen molar-refractivity contribution >= 4 is 35.5 Å². The molecule has 13 heteroatoms. The zero-order valence-corrected chi connectivity index (χ0v) is 24.1. The number of hydrogen-bond donors (Lipinski definition) is 4. The molecule has 13 nitrogen and oxygen atoms in total. The maximum atomic E-state index is 13.6. The van der Waals surface area contributed by atoms with E-state index in [1.807, 2.05) is 6.92 Å². The predicted octanol–water partition coefficient (Wildman–Crippen LogP) is 1.18. The zero-order chi connectivity index (χ0) is 30.6. The average Bonchev–Trinajstić information content (AvgIpc) is 3.63. The molecule has 0 spiro atoms. The third-order valence-electron chi connectivity index (χ3n) is 6.42. The second kappa shape index (κ2) is 15.6. The summed E-state index contributed by atoms with van der Waals surface area (Å²) >= 11 is 0. The van der Waals surface area contributed by atoms with Gasteiger partial charge in [0.05, 0.1) is 12.3 Å². The number of Topliss-reactive ketones (excluding diaryl/α,β-unsaturated/α-hetero) is 1. The molecule has 0 saturated carbocycles. The summed E-state index contributed by atoms with van der Waals surface area (Å²) in [6, 6.07) is -0.413. The van der Waals surface area contributed by atoms with Crippen molar-refractivity contribution < 1.29 is 37.9 Å². The standard InChI is InChI=1S/C28H41N5O8/c1-6-10-19(22(35)25(37)29-13-7-2)31-24(36)20-12-8-14-33(20)26(38)23(28(3,4)5)32-27(39)30-16-21(34)41-17-18-11-9-15-40-18/h7,9,11,15,19-20,23H,2,6,8,10,12-14,16-17H2,1,3-5H3,(H,29,37)(H,31,36)(H2,30,32,39). The highest BCUT2D eigenvalue weighted by Crippen LogP contribution is 2.26. The Hall–Kier alpha value is -4.16. The average molecular weight is 576 g/mol. The van der Waals surface area contributed by atoms with Crippen LogP contribution in [0.25, 0.3) is 0 Å². The number of hydrogen-bond acceptors (Lipinski definition) is 8. The van der Waals surface area contributed by atoms with Gasteiger partial charge in [-0.1, -0.05) is 40.2 Å². The molecule has 1 aromatic heterocycles. The number of likely N-dealkylation sites (tertiary alicyclic amines) is 1. The summed E-state index contributed by atoms with van der Waals surface area (Å²) in [5, 5.41) is 10.1. The van der Waals surface area contributed by atoms with Crippen LogP contribution in [-0.2, 0) is 35.3 Å². The van der Waals surface area contributed by atoms with Crippen molar-refractivity contribution in [1.82, 2.24) is 26.2 Å². The minimum absolute atomic E-state index is 0.0825. The lowest BCUT2D eigenvalue weighted by atomic mass is 9.85. The van der Waals surface area contributed by atoms with Gasteiger partial charge in [-0.15, -0.1) is 6.58 Å². The van der Waals surface area contributed by atoms with Gasteiger partial charge in [0, 0.05) is 13.1 Å². The number of furan rings is 1. The number of ether oxygens (including phenoxy) is 1. The lowest BCUT2D eigenvalue weighted by molar-refractivity contribution is -0.144. The Labute approximate surface area is 239 Å². The van der Waals surface area contributed by atoms with Gasteiger partial charge in [0.1, 0.15) is 31.0 Å². The maximum Gasteiger partial charge on any atom is 0.325 e. The Morgan fingerprint density at radius 3 is 2.51 bits per heavy atom. The van der Waals surface area contributed by atoms with Gasteiger partial charge in [-0.25, -0.2) is 4.79 Å². The highest BCUT2D eigenvalue weighted by molar-refractivity contribution is 6.38. The summed E-state index contributed by atoms with van der Waals surface area (Å²) in [4.78, 5) is 77.7. The molecule has 1 aromatic rings. The van der Waals surface area contributed by atoms with Crippen LogP contribution in [0.1, 0.15) is 59.1 Å². The van der Waals surface area contributed by atoms with Gasteiger partial charge >= 0.3 is 12.0 Å². The Bertz CT molecular complexity index is 1100. The Morgan fingerprint density at radius 2 is 1.90 bits per heavy atom. The molecule has 3 atom stereocenters. The van der Waals surface area contributed by atoms with Crippen LogP contribution in [0, 0.1) is 5.41 Å². The van der Waals surface area contributed by atoms with E-state index in [1.54, 1.807) is 32.9 Å². The van der Waals surface area contributed by atoms with Crippen molar-refractivity contribution in [3.8, 4) is 0 Å². The highest BCUT2D eigenvalue weighted by atomic mass is 16.5. The lowest BCUT2D eigenvalue weighted by Crippen LogP contribution is -2.60. The number of esters is 1. The van der Waals surface area contributed by atoms with E-state index >= 15 is 0 Å². The summed E-state index contributed by atoms with van der Waals surface area (Å²) < 4.78 is 10.1. The van der Waals surface area contributed by atoms with Crippen LogP contribution in [0.2, 0.25) is 0 Å². The first-order valence-corrected chi connectivity index (χ1v) is 13.6. The van der Waals surface area contributed by atoms with Crippen molar-refractivity contribution in [3.05, 3.63) is 36.8 Å². The molecule has 5 amide bonds. The summed E-state index contributed by atoms with van der Waals surface area (Å²) in [7, 11) is 0. The molecule has 41 heavy (non-hydrogen) atoms. The first-order valence-electron chi connectivity index (χ1n) is 13.6. The normalized spacial score (nSPS) is 16.2. The van der Waals surface area contributed by atoms with E-state index in [-0.39, 0.29) is 26.1 Å². The molecule has 4 N–H and O–H groups in total. The van der Waals surface area contributed by atoms with E-state index in [0.29, 0.717) is 25.0 Å². The Kier molecular flexibility index (Phi) is 12.6. The van der Waals surface area contributed by atoms with Crippen molar-refractivity contribution in [2.24, 2.45) is 5.41 Å². The molecule has 226 valence electrons. The lowest BCUT2D eigenvalue weighted by Gasteiger charge is -2.35. The van der Waals surface area contributed by atoms with Crippen LogP contribution in [0.15, 0.2) is 35.5 Å².